The summed E-state index contributed by atoms with van der Waals surface area (Å²) in [4.78, 5) is 16.2. The summed E-state index contributed by atoms with van der Waals surface area (Å²) in [7, 11) is 1.63. The zero-order valence-electron chi connectivity index (χ0n) is 15.3. The normalized spacial score (nSPS) is 15.1. The van der Waals surface area contributed by atoms with Gasteiger partial charge in [0.1, 0.15) is 0 Å². The van der Waals surface area contributed by atoms with Crippen molar-refractivity contribution in [2.45, 2.75) is 13.8 Å². The summed E-state index contributed by atoms with van der Waals surface area (Å²) in [5.41, 5.74) is 3.45. The van der Waals surface area contributed by atoms with E-state index in [0.29, 0.717) is 19.7 Å². The predicted molar refractivity (Wildman–Crippen MR) is 105 cm³/mol. The number of aryl methyl sites for hydroxylation is 2. The lowest BCUT2D eigenvalue weighted by atomic mass is 10.1. The van der Waals surface area contributed by atoms with Crippen molar-refractivity contribution in [3.8, 4) is 0 Å². The first-order chi connectivity index (χ1) is 12.0. The Balaban J connectivity index is 1.76. The topological polar surface area (TPSA) is 56.8 Å². The Labute approximate surface area is 155 Å². The molecule has 0 radical (unpaired) electrons. The SMILES string of the molecule is COCCNC(=O)CN1CCN(C(=S)Nc2cc(C)ccc2C)CC1. The molecule has 6 nitrogen and oxygen atoms in total. The van der Waals surface area contributed by atoms with Crippen molar-refractivity contribution >= 4 is 28.9 Å². The van der Waals surface area contributed by atoms with E-state index < -0.39 is 0 Å². The van der Waals surface area contributed by atoms with Crippen LogP contribution >= 0.6 is 12.2 Å². The molecule has 1 fully saturated rings. The summed E-state index contributed by atoms with van der Waals surface area (Å²) >= 11 is 5.56. The fraction of sp³-hybridized carbons (Fsp3) is 0.556. The maximum Gasteiger partial charge on any atom is 0.234 e. The molecule has 2 rings (SSSR count). The van der Waals surface area contributed by atoms with Gasteiger partial charge in [-0.3, -0.25) is 9.69 Å². The Morgan fingerprint density at radius 1 is 1.24 bits per heavy atom. The highest BCUT2D eigenvalue weighted by Gasteiger charge is 2.20. The number of rotatable bonds is 6. The lowest BCUT2D eigenvalue weighted by Gasteiger charge is -2.36. The second-order valence-corrected chi connectivity index (χ2v) is 6.74. The molecule has 138 valence electrons. The average Bonchev–Trinajstić information content (AvgIpc) is 2.59. The molecule has 1 heterocycles. The minimum absolute atomic E-state index is 0.0431. The summed E-state index contributed by atoms with van der Waals surface area (Å²) in [6.45, 7) is 8.96. The standard InChI is InChI=1S/C18H28N4O2S/c1-14-4-5-15(2)16(12-14)20-18(25)22-9-7-21(8-10-22)13-17(23)19-6-11-24-3/h4-5,12H,6-11,13H2,1-3H3,(H,19,23)(H,20,25). The van der Waals surface area contributed by atoms with Gasteiger partial charge in [0, 0.05) is 45.5 Å². The first-order valence-electron chi connectivity index (χ1n) is 8.61. The van der Waals surface area contributed by atoms with E-state index in [-0.39, 0.29) is 5.91 Å². The van der Waals surface area contributed by atoms with Crippen LogP contribution in [0.15, 0.2) is 18.2 Å². The Hall–Kier alpha value is -1.70. The summed E-state index contributed by atoms with van der Waals surface area (Å²) in [6, 6.07) is 6.31. The van der Waals surface area contributed by atoms with Gasteiger partial charge >= 0.3 is 0 Å². The van der Waals surface area contributed by atoms with Crippen LogP contribution in [-0.2, 0) is 9.53 Å². The van der Waals surface area contributed by atoms with Crippen LogP contribution in [0.25, 0.3) is 0 Å². The van der Waals surface area contributed by atoms with Gasteiger partial charge in [0.2, 0.25) is 5.91 Å². The number of hydrogen-bond acceptors (Lipinski definition) is 4. The third kappa shape index (κ3) is 6.26. The first kappa shape index (κ1) is 19.6. The van der Waals surface area contributed by atoms with Crippen molar-refractivity contribution in [2.75, 3.05) is 58.3 Å². The number of piperazine rings is 1. The van der Waals surface area contributed by atoms with Crippen LogP contribution in [0.3, 0.4) is 0 Å². The molecule has 0 unspecified atom stereocenters. The smallest absolute Gasteiger partial charge is 0.234 e. The molecular formula is C18H28N4O2S. The fourth-order valence-corrected chi connectivity index (χ4v) is 3.02. The van der Waals surface area contributed by atoms with Crippen LogP contribution in [-0.4, -0.2) is 73.8 Å². The van der Waals surface area contributed by atoms with Crippen LogP contribution in [0.1, 0.15) is 11.1 Å². The molecule has 25 heavy (non-hydrogen) atoms. The number of nitrogens with zero attached hydrogens (tertiary/aromatic N) is 2. The highest BCUT2D eigenvalue weighted by Crippen LogP contribution is 2.17. The van der Waals surface area contributed by atoms with E-state index in [1.54, 1.807) is 7.11 Å². The molecule has 0 atom stereocenters. The van der Waals surface area contributed by atoms with E-state index in [9.17, 15) is 4.79 Å². The maximum atomic E-state index is 11.9. The summed E-state index contributed by atoms with van der Waals surface area (Å²) in [6.07, 6.45) is 0. The number of ether oxygens (including phenoxy) is 1. The van der Waals surface area contributed by atoms with Crippen molar-refractivity contribution in [2.24, 2.45) is 0 Å². The first-order valence-corrected chi connectivity index (χ1v) is 9.01. The lowest BCUT2D eigenvalue weighted by Crippen LogP contribution is -2.52. The summed E-state index contributed by atoms with van der Waals surface area (Å²) in [5.74, 6) is 0.0431. The van der Waals surface area contributed by atoms with Gasteiger partial charge in [-0.15, -0.1) is 0 Å². The molecule has 1 aromatic rings. The number of hydrogen-bond donors (Lipinski definition) is 2. The third-order valence-electron chi connectivity index (χ3n) is 4.29. The second-order valence-electron chi connectivity index (χ2n) is 6.35. The van der Waals surface area contributed by atoms with E-state index in [1.165, 1.54) is 11.1 Å². The molecule has 1 aliphatic rings. The Morgan fingerprint density at radius 3 is 2.64 bits per heavy atom. The van der Waals surface area contributed by atoms with Crippen molar-refractivity contribution in [3.63, 3.8) is 0 Å². The summed E-state index contributed by atoms with van der Waals surface area (Å²) in [5, 5.41) is 6.96. The number of carbonyl (C=O) groups excluding carboxylic acids is 1. The number of amides is 1. The Kier molecular flexibility index (Phi) is 7.61. The number of nitrogens with one attached hydrogen (secondary N) is 2. The van der Waals surface area contributed by atoms with Gasteiger partial charge in [0.15, 0.2) is 5.11 Å². The van der Waals surface area contributed by atoms with Crippen LogP contribution in [0, 0.1) is 13.8 Å². The van der Waals surface area contributed by atoms with Crippen molar-refractivity contribution < 1.29 is 9.53 Å². The van der Waals surface area contributed by atoms with E-state index >= 15 is 0 Å². The largest absolute Gasteiger partial charge is 0.383 e. The van der Waals surface area contributed by atoms with Crippen molar-refractivity contribution in [1.82, 2.24) is 15.1 Å². The highest BCUT2D eigenvalue weighted by molar-refractivity contribution is 7.80. The molecule has 1 saturated heterocycles. The predicted octanol–water partition coefficient (Wildman–Crippen LogP) is 1.38. The van der Waals surface area contributed by atoms with E-state index in [4.69, 9.17) is 17.0 Å². The quantitative estimate of drug-likeness (QED) is 0.588. The van der Waals surface area contributed by atoms with Gasteiger partial charge in [-0.1, -0.05) is 12.1 Å². The molecular weight excluding hydrogens is 336 g/mol. The van der Waals surface area contributed by atoms with Crippen LogP contribution in [0.5, 0.6) is 0 Å². The van der Waals surface area contributed by atoms with Crippen LogP contribution in [0.4, 0.5) is 5.69 Å². The molecule has 7 heteroatoms. The fourth-order valence-electron chi connectivity index (χ4n) is 2.73. The minimum atomic E-state index is 0.0431. The number of benzene rings is 1. The van der Waals surface area contributed by atoms with Crippen molar-refractivity contribution in [1.29, 1.82) is 0 Å². The molecule has 1 aromatic carbocycles. The molecule has 0 spiro atoms. The maximum absolute atomic E-state index is 11.9. The molecule has 0 bridgehead atoms. The number of anilines is 1. The van der Waals surface area contributed by atoms with Crippen molar-refractivity contribution in [3.05, 3.63) is 29.3 Å². The zero-order valence-corrected chi connectivity index (χ0v) is 16.1. The average molecular weight is 365 g/mol. The van der Waals surface area contributed by atoms with E-state index in [1.807, 2.05) is 0 Å². The Morgan fingerprint density at radius 2 is 1.96 bits per heavy atom. The van der Waals surface area contributed by atoms with Crippen LogP contribution < -0.4 is 10.6 Å². The second kappa shape index (κ2) is 9.70. The Bertz CT molecular complexity index is 601. The monoisotopic (exact) mass is 364 g/mol. The highest BCUT2D eigenvalue weighted by atomic mass is 32.1. The molecule has 0 aromatic heterocycles. The summed E-state index contributed by atoms with van der Waals surface area (Å²) < 4.78 is 4.93. The van der Waals surface area contributed by atoms with Gasteiger partial charge in [0.05, 0.1) is 13.2 Å². The lowest BCUT2D eigenvalue weighted by molar-refractivity contribution is -0.122. The molecule has 0 saturated carbocycles. The van der Waals surface area contributed by atoms with Gasteiger partial charge in [-0.05, 0) is 43.3 Å². The molecule has 1 aliphatic heterocycles. The van der Waals surface area contributed by atoms with E-state index in [0.717, 1.165) is 37.0 Å². The van der Waals surface area contributed by atoms with Gasteiger partial charge in [-0.25, -0.2) is 0 Å². The van der Waals surface area contributed by atoms with Gasteiger partial charge in [-0.2, -0.15) is 0 Å². The van der Waals surface area contributed by atoms with Gasteiger partial charge in [0.25, 0.3) is 0 Å². The van der Waals surface area contributed by atoms with Gasteiger partial charge < -0.3 is 20.3 Å². The van der Waals surface area contributed by atoms with E-state index in [2.05, 4.69) is 52.5 Å². The molecule has 1 amide bonds. The molecule has 2 N–H and O–H groups in total. The molecule has 0 aliphatic carbocycles. The number of methoxy groups -OCH3 is 1. The minimum Gasteiger partial charge on any atom is -0.383 e. The van der Waals surface area contributed by atoms with Crippen LogP contribution in [0.2, 0.25) is 0 Å². The zero-order chi connectivity index (χ0) is 18.2. The number of thiocarbonyl (C=S) groups is 1. The third-order valence-corrected chi connectivity index (χ3v) is 4.65. The number of carbonyl (C=O) groups is 1.